The van der Waals surface area contributed by atoms with E-state index in [1.54, 1.807) is 12.3 Å². The van der Waals surface area contributed by atoms with Crippen molar-refractivity contribution in [1.29, 1.82) is 0 Å². The maximum Gasteiger partial charge on any atom is 0.225 e. The molecule has 17 heavy (non-hydrogen) atoms. The van der Waals surface area contributed by atoms with Gasteiger partial charge in [0, 0.05) is 17.1 Å². The smallest absolute Gasteiger partial charge is 0.225 e. The summed E-state index contributed by atoms with van der Waals surface area (Å²) in [4.78, 5) is 11.6. The number of fused-ring (bicyclic) bond motifs is 1. The number of halogens is 1. The number of benzene rings is 1. The third-order valence-electron chi connectivity index (χ3n) is 2.94. The lowest BCUT2D eigenvalue weighted by Crippen LogP contribution is -2.23. The van der Waals surface area contributed by atoms with Crippen LogP contribution in [0.15, 0.2) is 41.0 Å². The minimum absolute atomic E-state index is 0.00113. The van der Waals surface area contributed by atoms with E-state index < -0.39 is 0 Å². The molecule has 1 aromatic carbocycles. The third-order valence-corrected chi connectivity index (χ3v) is 3.17. The summed E-state index contributed by atoms with van der Waals surface area (Å²) in [6.45, 7) is 0. The first kappa shape index (κ1) is 10.4. The van der Waals surface area contributed by atoms with Gasteiger partial charge in [-0.05, 0) is 35.9 Å². The van der Waals surface area contributed by atoms with Crippen LogP contribution in [-0.4, -0.2) is 5.91 Å². The molecule has 2 heterocycles. The van der Waals surface area contributed by atoms with Gasteiger partial charge in [0.25, 0.3) is 0 Å². The molecule has 1 aliphatic heterocycles. The summed E-state index contributed by atoms with van der Waals surface area (Å²) in [6.07, 6.45) is 2.01. The Morgan fingerprint density at radius 2 is 2.24 bits per heavy atom. The summed E-state index contributed by atoms with van der Waals surface area (Å²) in [5.74, 6) is 0.747. The Bertz CT molecular complexity index is 563. The molecule has 4 heteroatoms. The van der Waals surface area contributed by atoms with Crippen LogP contribution in [0.2, 0.25) is 5.02 Å². The van der Waals surface area contributed by atoms with Crippen LogP contribution in [0.1, 0.15) is 23.7 Å². The second-order valence-corrected chi connectivity index (χ2v) is 4.49. The Labute approximate surface area is 103 Å². The molecule has 1 aromatic heterocycles. The normalized spacial score (nSPS) is 18.6. The highest BCUT2D eigenvalue weighted by atomic mass is 35.5. The highest BCUT2D eigenvalue weighted by Crippen LogP contribution is 2.38. The Hall–Kier alpha value is -1.74. The van der Waals surface area contributed by atoms with Crippen molar-refractivity contribution in [2.45, 2.75) is 12.3 Å². The van der Waals surface area contributed by atoms with E-state index in [1.165, 1.54) is 0 Å². The number of hydrogen-bond acceptors (Lipinski definition) is 2. The van der Waals surface area contributed by atoms with Crippen LogP contribution in [0.4, 0.5) is 5.69 Å². The van der Waals surface area contributed by atoms with E-state index in [0.29, 0.717) is 11.4 Å². The molecule has 1 unspecified atom stereocenters. The zero-order valence-electron chi connectivity index (χ0n) is 8.94. The number of carbonyl (C=O) groups excluding carboxylic acids is 1. The van der Waals surface area contributed by atoms with Crippen molar-refractivity contribution in [2.24, 2.45) is 0 Å². The van der Waals surface area contributed by atoms with Crippen LogP contribution in [0.5, 0.6) is 0 Å². The molecule has 0 saturated carbocycles. The number of furan rings is 1. The van der Waals surface area contributed by atoms with Crippen LogP contribution in [0.25, 0.3) is 0 Å². The van der Waals surface area contributed by atoms with E-state index in [0.717, 1.165) is 17.0 Å². The topological polar surface area (TPSA) is 42.2 Å². The average Bonchev–Trinajstić information content (AvgIpc) is 2.82. The highest BCUT2D eigenvalue weighted by molar-refractivity contribution is 6.30. The fraction of sp³-hybridized carbons (Fsp3) is 0.154. The number of carbonyl (C=O) groups is 1. The summed E-state index contributed by atoms with van der Waals surface area (Å²) < 4.78 is 5.39. The predicted molar refractivity (Wildman–Crippen MR) is 65.2 cm³/mol. The molecule has 0 spiro atoms. The Morgan fingerprint density at radius 3 is 3.00 bits per heavy atom. The quantitative estimate of drug-likeness (QED) is 0.839. The minimum atomic E-state index is -0.0487. The summed E-state index contributed by atoms with van der Waals surface area (Å²) in [7, 11) is 0. The lowest BCUT2D eigenvalue weighted by Gasteiger charge is -2.24. The SMILES string of the molecule is O=C1CC(c2ccco2)c2cc(Cl)ccc2N1. The van der Waals surface area contributed by atoms with E-state index in [1.807, 2.05) is 24.3 Å². The number of nitrogens with one attached hydrogen (secondary N) is 1. The first-order valence-corrected chi connectivity index (χ1v) is 5.74. The van der Waals surface area contributed by atoms with Crippen molar-refractivity contribution in [3.8, 4) is 0 Å². The Morgan fingerprint density at radius 1 is 1.35 bits per heavy atom. The van der Waals surface area contributed by atoms with Gasteiger partial charge in [0.1, 0.15) is 5.76 Å². The van der Waals surface area contributed by atoms with Crippen molar-refractivity contribution >= 4 is 23.2 Å². The van der Waals surface area contributed by atoms with Crippen molar-refractivity contribution < 1.29 is 9.21 Å². The number of amides is 1. The molecule has 0 radical (unpaired) electrons. The standard InChI is InChI=1S/C13H10ClNO2/c14-8-3-4-11-9(6-8)10(7-13(16)15-11)12-2-1-5-17-12/h1-6,10H,7H2,(H,15,16). The van der Waals surface area contributed by atoms with Gasteiger partial charge in [-0.15, -0.1) is 0 Å². The second kappa shape index (κ2) is 3.93. The van der Waals surface area contributed by atoms with Crippen LogP contribution < -0.4 is 5.32 Å². The van der Waals surface area contributed by atoms with Crippen molar-refractivity contribution in [1.82, 2.24) is 0 Å². The maximum atomic E-state index is 11.6. The summed E-state index contributed by atoms with van der Waals surface area (Å²) in [6, 6.07) is 9.18. The molecule has 0 saturated heterocycles. The van der Waals surface area contributed by atoms with Gasteiger partial charge < -0.3 is 9.73 Å². The summed E-state index contributed by atoms with van der Waals surface area (Å²) in [5.41, 5.74) is 1.82. The minimum Gasteiger partial charge on any atom is -0.469 e. The second-order valence-electron chi connectivity index (χ2n) is 4.05. The Kier molecular flexibility index (Phi) is 2.41. The van der Waals surface area contributed by atoms with Crippen LogP contribution in [-0.2, 0) is 4.79 Å². The first-order chi connectivity index (χ1) is 8.24. The summed E-state index contributed by atoms with van der Waals surface area (Å²) >= 11 is 6.00. The van der Waals surface area contributed by atoms with Crippen LogP contribution in [0, 0.1) is 0 Å². The van der Waals surface area contributed by atoms with Crippen LogP contribution in [0.3, 0.4) is 0 Å². The number of hydrogen-bond donors (Lipinski definition) is 1. The fourth-order valence-electron chi connectivity index (χ4n) is 2.18. The van der Waals surface area contributed by atoms with E-state index in [4.69, 9.17) is 16.0 Å². The highest BCUT2D eigenvalue weighted by Gasteiger charge is 2.28. The Balaban J connectivity index is 2.13. The molecule has 0 fully saturated rings. The van der Waals surface area contributed by atoms with Gasteiger partial charge >= 0.3 is 0 Å². The molecule has 2 aromatic rings. The molecule has 0 aliphatic carbocycles. The molecule has 1 amide bonds. The van der Waals surface area contributed by atoms with Crippen molar-refractivity contribution in [3.63, 3.8) is 0 Å². The van der Waals surface area contributed by atoms with E-state index in [2.05, 4.69) is 5.32 Å². The zero-order valence-corrected chi connectivity index (χ0v) is 9.70. The average molecular weight is 248 g/mol. The van der Waals surface area contributed by atoms with Gasteiger partial charge in [0.05, 0.1) is 12.2 Å². The fourth-order valence-corrected chi connectivity index (χ4v) is 2.36. The number of rotatable bonds is 1. The van der Waals surface area contributed by atoms with Gasteiger partial charge in [-0.3, -0.25) is 4.79 Å². The molecular formula is C13H10ClNO2. The molecule has 1 N–H and O–H groups in total. The molecule has 1 aliphatic rings. The van der Waals surface area contributed by atoms with Gasteiger partial charge in [0.2, 0.25) is 5.91 Å². The molecule has 0 bridgehead atoms. The molecule has 3 nitrogen and oxygen atoms in total. The summed E-state index contributed by atoms with van der Waals surface area (Å²) in [5, 5.41) is 3.50. The van der Waals surface area contributed by atoms with E-state index in [-0.39, 0.29) is 11.8 Å². The van der Waals surface area contributed by atoms with E-state index in [9.17, 15) is 4.79 Å². The van der Waals surface area contributed by atoms with Gasteiger partial charge in [-0.1, -0.05) is 11.6 Å². The van der Waals surface area contributed by atoms with Crippen molar-refractivity contribution in [2.75, 3.05) is 5.32 Å². The largest absolute Gasteiger partial charge is 0.469 e. The first-order valence-electron chi connectivity index (χ1n) is 5.37. The van der Waals surface area contributed by atoms with Gasteiger partial charge in [0.15, 0.2) is 0 Å². The number of anilines is 1. The van der Waals surface area contributed by atoms with Crippen molar-refractivity contribution in [3.05, 3.63) is 52.9 Å². The lowest BCUT2D eigenvalue weighted by atomic mass is 9.88. The molecule has 86 valence electrons. The predicted octanol–water partition coefficient (Wildman–Crippen LogP) is 3.41. The third kappa shape index (κ3) is 1.83. The lowest BCUT2D eigenvalue weighted by molar-refractivity contribution is -0.116. The molecule has 3 rings (SSSR count). The zero-order chi connectivity index (χ0) is 11.8. The molecule has 1 atom stereocenters. The monoisotopic (exact) mass is 247 g/mol. The van der Waals surface area contributed by atoms with Gasteiger partial charge in [-0.25, -0.2) is 0 Å². The van der Waals surface area contributed by atoms with E-state index >= 15 is 0 Å². The van der Waals surface area contributed by atoms with Crippen LogP contribution >= 0.6 is 11.6 Å². The maximum absolute atomic E-state index is 11.6. The molecular weight excluding hydrogens is 238 g/mol. The van der Waals surface area contributed by atoms with Gasteiger partial charge in [-0.2, -0.15) is 0 Å².